The quantitative estimate of drug-likeness (QED) is 0.679. The Bertz CT molecular complexity index is 684. The highest BCUT2D eigenvalue weighted by molar-refractivity contribution is 5.95. The van der Waals surface area contributed by atoms with Gasteiger partial charge in [0.05, 0.1) is 4.92 Å². The average Bonchev–Trinajstić information content (AvgIpc) is 2.53. The first-order chi connectivity index (χ1) is 10.5. The van der Waals surface area contributed by atoms with Gasteiger partial charge in [-0.25, -0.2) is 0 Å². The first-order valence-corrected chi connectivity index (χ1v) is 7.07. The molecule has 1 unspecified atom stereocenters. The van der Waals surface area contributed by atoms with Gasteiger partial charge >= 0.3 is 0 Å². The van der Waals surface area contributed by atoms with Crippen LogP contribution in [0.15, 0.2) is 48.5 Å². The fraction of sp³-hybridized carbons (Fsp3) is 0.235. The highest BCUT2D eigenvalue weighted by Crippen LogP contribution is 2.19. The van der Waals surface area contributed by atoms with E-state index >= 15 is 0 Å². The molecule has 0 aliphatic rings. The van der Waals surface area contributed by atoms with Gasteiger partial charge in [0.15, 0.2) is 0 Å². The third-order valence-corrected chi connectivity index (χ3v) is 3.61. The van der Waals surface area contributed by atoms with Crippen LogP contribution in [0.1, 0.15) is 34.3 Å². The summed E-state index contributed by atoms with van der Waals surface area (Å²) in [4.78, 5) is 22.6. The number of hydrogen-bond acceptors (Lipinski definition) is 3. The largest absolute Gasteiger partial charge is 0.351 e. The smallest absolute Gasteiger partial charge is 0.273 e. The average molecular weight is 298 g/mol. The maximum absolute atomic E-state index is 12.1. The van der Waals surface area contributed by atoms with E-state index < -0.39 is 4.92 Å². The second kappa shape index (κ2) is 6.85. The number of aryl methyl sites for hydroxylation is 1. The van der Waals surface area contributed by atoms with E-state index in [9.17, 15) is 14.9 Å². The standard InChI is InChI=1S/C17H18N2O3/c1-12-8-9-15(10-16(12)19(21)22)17(20)18-11-13(2)14-6-4-3-5-7-14/h3-10,13H,11H2,1-2H3,(H,18,20). The Balaban J connectivity index is 2.04. The van der Waals surface area contributed by atoms with Gasteiger partial charge in [0.1, 0.15) is 0 Å². The van der Waals surface area contributed by atoms with Gasteiger partial charge in [0.25, 0.3) is 11.6 Å². The molecule has 0 bridgehead atoms. The minimum absolute atomic E-state index is 0.0382. The molecule has 2 aromatic carbocycles. The Kier molecular flexibility index (Phi) is 4.88. The van der Waals surface area contributed by atoms with Crippen LogP contribution in [0.2, 0.25) is 0 Å². The summed E-state index contributed by atoms with van der Waals surface area (Å²) in [5.74, 6) is -0.128. The maximum Gasteiger partial charge on any atom is 0.273 e. The van der Waals surface area contributed by atoms with E-state index in [1.807, 2.05) is 37.3 Å². The third kappa shape index (κ3) is 3.69. The summed E-state index contributed by atoms with van der Waals surface area (Å²) < 4.78 is 0. The van der Waals surface area contributed by atoms with E-state index in [4.69, 9.17) is 0 Å². The van der Waals surface area contributed by atoms with Gasteiger partial charge in [-0.05, 0) is 24.5 Å². The molecule has 1 amide bonds. The fourth-order valence-electron chi connectivity index (χ4n) is 2.19. The van der Waals surface area contributed by atoms with Gasteiger partial charge in [0.2, 0.25) is 0 Å². The van der Waals surface area contributed by atoms with Crippen molar-refractivity contribution in [3.63, 3.8) is 0 Å². The van der Waals surface area contributed by atoms with Crippen LogP contribution in [-0.4, -0.2) is 17.4 Å². The molecule has 0 saturated carbocycles. The number of nitro groups is 1. The van der Waals surface area contributed by atoms with Crippen LogP contribution in [-0.2, 0) is 0 Å². The fourth-order valence-corrected chi connectivity index (χ4v) is 2.19. The lowest BCUT2D eigenvalue weighted by Crippen LogP contribution is -2.27. The second-order valence-corrected chi connectivity index (χ2v) is 5.28. The van der Waals surface area contributed by atoms with Gasteiger partial charge in [-0.1, -0.05) is 43.3 Å². The normalized spacial score (nSPS) is 11.7. The second-order valence-electron chi connectivity index (χ2n) is 5.28. The zero-order valence-corrected chi connectivity index (χ0v) is 12.6. The summed E-state index contributed by atoms with van der Waals surface area (Å²) in [6, 6.07) is 14.4. The molecular weight excluding hydrogens is 280 g/mol. The SMILES string of the molecule is Cc1ccc(C(=O)NCC(C)c2ccccc2)cc1[N+](=O)[O-]. The lowest BCUT2D eigenvalue weighted by atomic mass is 10.0. The molecule has 1 atom stereocenters. The van der Waals surface area contributed by atoms with E-state index in [2.05, 4.69) is 5.32 Å². The molecule has 0 fully saturated rings. The number of hydrogen-bond donors (Lipinski definition) is 1. The van der Waals surface area contributed by atoms with Gasteiger partial charge in [0, 0.05) is 23.7 Å². The van der Waals surface area contributed by atoms with Crippen molar-refractivity contribution in [2.75, 3.05) is 6.54 Å². The summed E-state index contributed by atoms with van der Waals surface area (Å²) in [7, 11) is 0. The first kappa shape index (κ1) is 15.7. The number of carbonyl (C=O) groups excluding carboxylic acids is 1. The minimum Gasteiger partial charge on any atom is -0.351 e. The van der Waals surface area contributed by atoms with Crippen molar-refractivity contribution in [2.45, 2.75) is 19.8 Å². The van der Waals surface area contributed by atoms with Crippen LogP contribution in [0.3, 0.4) is 0 Å². The molecule has 0 aliphatic carbocycles. The van der Waals surface area contributed by atoms with Crippen LogP contribution >= 0.6 is 0 Å². The van der Waals surface area contributed by atoms with E-state index in [1.165, 1.54) is 6.07 Å². The van der Waals surface area contributed by atoms with E-state index in [0.29, 0.717) is 17.7 Å². The molecule has 1 N–H and O–H groups in total. The lowest BCUT2D eigenvalue weighted by Gasteiger charge is -2.13. The number of rotatable bonds is 5. The molecule has 0 aliphatic heterocycles. The predicted octanol–water partition coefficient (Wildman–Crippen LogP) is 3.44. The van der Waals surface area contributed by atoms with E-state index in [-0.39, 0.29) is 17.5 Å². The van der Waals surface area contributed by atoms with Crippen LogP contribution in [0.4, 0.5) is 5.69 Å². The Morgan fingerprint density at radius 3 is 2.55 bits per heavy atom. The van der Waals surface area contributed by atoms with Crippen LogP contribution in [0.5, 0.6) is 0 Å². The molecule has 5 nitrogen and oxygen atoms in total. The summed E-state index contributed by atoms with van der Waals surface area (Å²) in [6.07, 6.45) is 0. The molecule has 22 heavy (non-hydrogen) atoms. The Morgan fingerprint density at radius 1 is 1.23 bits per heavy atom. The van der Waals surface area contributed by atoms with Crippen molar-refractivity contribution in [1.82, 2.24) is 5.32 Å². The van der Waals surface area contributed by atoms with Crippen molar-refractivity contribution in [2.24, 2.45) is 0 Å². The highest BCUT2D eigenvalue weighted by Gasteiger charge is 2.15. The molecule has 2 rings (SSSR count). The Morgan fingerprint density at radius 2 is 1.91 bits per heavy atom. The van der Waals surface area contributed by atoms with E-state index in [1.54, 1.807) is 19.1 Å². The van der Waals surface area contributed by atoms with Crippen LogP contribution < -0.4 is 5.32 Å². The topological polar surface area (TPSA) is 72.2 Å². The van der Waals surface area contributed by atoms with Gasteiger partial charge in [-0.15, -0.1) is 0 Å². The van der Waals surface area contributed by atoms with Gasteiger partial charge < -0.3 is 5.32 Å². The van der Waals surface area contributed by atoms with E-state index in [0.717, 1.165) is 5.56 Å². The summed E-state index contributed by atoms with van der Waals surface area (Å²) in [5.41, 5.74) is 1.94. The van der Waals surface area contributed by atoms with Gasteiger partial charge in [-0.3, -0.25) is 14.9 Å². The van der Waals surface area contributed by atoms with Crippen molar-refractivity contribution >= 4 is 11.6 Å². The highest BCUT2D eigenvalue weighted by atomic mass is 16.6. The predicted molar refractivity (Wildman–Crippen MR) is 85.0 cm³/mol. The monoisotopic (exact) mass is 298 g/mol. The molecule has 0 spiro atoms. The van der Waals surface area contributed by atoms with Crippen LogP contribution in [0, 0.1) is 17.0 Å². The van der Waals surface area contributed by atoms with Crippen molar-refractivity contribution < 1.29 is 9.72 Å². The van der Waals surface area contributed by atoms with Crippen molar-refractivity contribution in [3.05, 3.63) is 75.3 Å². The number of benzene rings is 2. The summed E-state index contributed by atoms with van der Waals surface area (Å²) >= 11 is 0. The molecule has 0 radical (unpaired) electrons. The van der Waals surface area contributed by atoms with Crippen molar-refractivity contribution in [1.29, 1.82) is 0 Å². The molecule has 0 aromatic heterocycles. The summed E-state index contributed by atoms with van der Waals surface area (Å²) in [5, 5.41) is 13.7. The number of amides is 1. The third-order valence-electron chi connectivity index (χ3n) is 3.61. The first-order valence-electron chi connectivity index (χ1n) is 7.07. The maximum atomic E-state index is 12.1. The number of nitrogens with zero attached hydrogens (tertiary/aromatic N) is 1. The number of nitro benzene ring substituents is 1. The number of nitrogens with one attached hydrogen (secondary N) is 1. The molecule has 114 valence electrons. The number of carbonyl (C=O) groups is 1. The lowest BCUT2D eigenvalue weighted by molar-refractivity contribution is -0.385. The minimum atomic E-state index is -0.474. The van der Waals surface area contributed by atoms with Crippen molar-refractivity contribution in [3.8, 4) is 0 Å². The zero-order chi connectivity index (χ0) is 16.1. The van der Waals surface area contributed by atoms with Gasteiger partial charge in [-0.2, -0.15) is 0 Å². The van der Waals surface area contributed by atoms with Crippen LogP contribution in [0.25, 0.3) is 0 Å². The molecular formula is C17H18N2O3. The molecule has 0 heterocycles. The summed E-state index contributed by atoms with van der Waals surface area (Å²) in [6.45, 7) is 4.15. The molecule has 5 heteroatoms. The molecule has 2 aromatic rings. The molecule has 0 saturated heterocycles. The Labute approximate surface area is 129 Å². The zero-order valence-electron chi connectivity index (χ0n) is 12.6. The Hall–Kier alpha value is -2.69.